The Hall–Kier alpha value is -3.09. The molecule has 1 atom stereocenters. The molecule has 0 fully saturated rings. The third-order valence-electron chi connectivity index (χ3n) is 6.42. The van der Waals surface area contributed by atoms with Crippen molar-refractivity contribution in [2.45, 2.75) is 32.6 Å². The van der Waals surface area contributed by atoms with Gasteiger partial charge in [-0.25, -0.2) is 8.42 Å². The number of aryl methyl sites for hydroxylation is 2. The number of rotatable bonds is 7. The highest BCUT2D eigenvalue weighted by Crippen LogP contribution is 2.31. The van der Waals surface area contributed by atoms with E-state index in [0.29, 0.717) is 25.9 Å². The lowest BCUT2D eigenvalue weighted by atomic mass is 9.82. The zero-order valence-electron chi connectivity index (χ0n) is 19.9. The molecule has 176 valence electrons. The molecule has 3 aromatic rings. The van der Waals surface area contributed by atoms with Crippen LogP contribution in [0.25, 0.3) is 5.57 Å². The lowest BCUT2D eigenvalue weighted by Gasteiger charge is -2.24. The Bertz CT molecular complexity index is 1330. The van der Waals surface area contributed by atoms with E-state index in [0.717, 1.165) is 39.1 Å². The number of aromatic nitrogens is 1. The second-order valence-electron chi connectivity index (χ2n) is 8.96. The van der Waals surface area contributed by atoms with E-state index in [1.54, 1.807) is 6.20 Å². The van der Waals surface area contributed by atoms with E-state index in [9.17, 15) is 13.2 Å². The van der Waals surface area contributed by atoms with Crippen LogP contribution in [0.1, 0.15) is 45.8 Å². The molecule has 0 amide bonds. The SMILES string of the molecule is Cc1cc(CC(=O)C(c2ccc(C3=CCN(S(C)(=O)=O)CC3)cc2)c2ccccc2C)ccn1. The van der Waals surface area contributed by atoms with E-state index in [1.807, 2.05) is 80.6 Å². The van der Waals surface area contributed by atoms with E-state index in [2.05, 4.69) is 4.98 Å². The molecule has 0 saturated carbocycles. The highest BCUT2D eigenvalue weighted by Gasteiger charge is 2.25. The summed E-state index contributed by atoms with van der Waals surface area (Å²) in [5, 5.41) is 0. The second-order valence-corrected chi connectivity index (χ2v) is 10.9. The summed E-state index contributed by atoms with van der Waals surface area (Å²) in [7, 11) is -3.17. The number of benzene rings is 2. The number of carbonyl (C=O) groups excluding carboxylic acids is 1. The van der Waals surface area contributed by atoms with Crippen molar-refractivity contribution in [2.24, 2.45) is 0 Å². The summed E-state index contributed by atoms with van der Waals surface area (Å²) in [4.78, 5) is 17.8. The zero-order chi connectivity index (χ0) is 24.3. The molecule has 0 aliphatic carbocycles. The molecule has 0 spiro atoms. The Balaban J connectivity index is 1.63. The van der Waals surface area contributed by atoms with Gasteiger partial charge in [0.15, 0.2) is 0 Å². The zero-order valence-corrected chi connectivity index (χ0v) is 20.7. The average molecular weight is 475 g/mol. The van der Waals surface area contributed by atoms with Crippen molar-refractivity contribution in [3.05, 3.63) is 106 Å². The summed E-state index contributed by atoms with van der Waals surface area (Å²) in [6, 6.07) is 20.1. The van der Waals surface area contributed by atoms with Gasteiger partial charge in [0.05, 0.1) is 12.2 Å². The lowest BCUT2D eigenvalue weighted by molar-refractivity contribution is -0.119. The van der Waals surface area contributed by atoms with Crippen molar-refractivity contribution < 1.29 is 13.2 Å². The van der Waals surface area contributed by atoms with Crippen molar-refractivity contribution in [2.75, 3.05) is 19.3 Å². The minimum atomic E-state index is -3.17. The summed E-state index contributed by atoms with van der Waals surface area (Å²) < 4.78 is 25.1. The van der Waals surface area contributed by atoms with Gasteiger partial charge < -0.3 is 0 Å². The Morgan fingerprint density at radius 3 is 2.41 bits per heavy atom. The molecule has 0 N–H and O–H groups in total. The fourth-order valence-electron chi connectivity index (χ4n) is 4.57. The summed E-state index contributed by atoms with van der Waals surface area (Å²) in [5.74, 6) is -0.210. The summed E-state index contributed by atoms with van der Waals surface area (Å²) in [6.07, 6.45) is 5.99. The quantitative estimate of drug-likeness (QED) is 0.498. The standard InChI is InChI=1S/C28H30N2O3S/c1-20-6-4-5-7-26(20)28(27(31)19-22-12-15-29-21(2)18-22)25-10-8-23(9-11-25)24-13-16-30(17-14-24)34(3,32)33/h4-13,15,18,28H,14,16-17,19H2,1-3H3. The van der Waals surface area contributed by atoms with Crippen LogP contribution >= 0.6 is 0 Å². The molecule has 0 bridgehead atoms. The largest absolute Gasteiger partial charge is 0.298 e. The number of nitrogens with zero attached hydrogens (tertiary/aromatic N) is 2. The first-order chi connectivity index (χ1) is 16.2. The Kier molecular flexibility index (Phi) is 7.10. The minimum Gasteiger partial charge on any atom is -0.298 e. The van der Waals surface area contributed by atoms with Crippen LogP contribution in [0, 0.1) is 13.8 Å². The summed E-state index contributed by atoms with van der Waals surface area (Å²) >= 11 is 0. The minimum absolute atomic E-state index is 0.147. The van der Waals surface area contributed by atoms with Crippen LogP contribution < -0.4 is 0 Å². The summed E-state index contributed by atoms with van der Waals surface area (Å²) in [5.41, 5.74) is 7.14. The van der Waals surface area contributed by atoms with Gasteiger partial charge in [-0.15, -0.1) is 0 Å². The number of sulfonamides is 1. The molecular formula is C28H30N2O3S. The first-order valence-electron chi connectivity index (χ1n) is 11.5. The Morgan fingerprint density at radius 1 is 1.06 bits per heavy atom. The summed E-state index contributed by atoms with van der Waals surface area (Å²) in [6.45, 7) is 4.86. The van der Waals surface area contributed by atoms with Crippen molar-refractivity contribution in [3.8, 4) is 0 Å². The van der Waals surface area contributed by atoms with Gasteiger partial charge in [-0.1, -0.05) is 54.6 Å². The van der Waals surface area contributed by atoms with Gasteiger partial charge in [-0.2, -0.15) is 4.31 Å². The molecule has 1 aliphatic heterocycles. The Morgan fingerprint density at radius 2 is 1.79 bits per heavy atom. The van der Waals surface area contributed by atoms with Gasteiger partial charge in [-0.3, -0.25) is 9.78 Å². The monoisotopic (exact) mass is 474 g/mol. The first kappa shape index (κ1) is 24.0. The molecule has 1 unspecified atom stereocenters. The number of hydrogen-bond donors (Lipinski definition) is 0. The van der Waals surface area contributed by atoms with Gasteiger partial charge in [0, 0.05) is 31.4 Å². The third kappa shape index (κ3) is 5.51. The molecule has 4 rings (SSSR count). The van der Waals surface area contributed by atoms with E-state index in [1.165, 1.54) is 10.6 Å². The van der Waals surface area contributed by atoms with Crippen molar-refractivity contribution in [1.29, 1.82) is 0 Å². The predicted octanol–water partition coefficient (Wildman–Crippen LogP) is 4.69. The average Bonchev–Trinajstić information content (AvgIpc) is 2.80. The normalized spacial score (nSPS) is 15.6. The van der Waals surface area contributed by atoms with Crippen LogP contribution in [0.4, 0.5) is 0 Å². The number of carbonyl (C=O) groups is 1. The van der Waals surface area contributed by atoms with E-state index in [-0.39, 0.29) is 11.7 Å². The molecule has 1 aromatic heterocycles. The van der Waals surface area contributed by atoms with Gasteiger partial charge >= 0.3 is 0 Å². The van der Waals surface area contributed by atoms with Crippen LogP contribution in [0.15, 0.2) is 72.9 Å². The molecule has 34 heavy (non-hydrogen) atoms. The lowest BCUT2D eigenvalue weighted by Crippen LogP contribution is -2.33. The highest BCUT2D eigenvalue weighted by molar-refractivity contribution is 7.88. The maximum absolute atomic E-state index is 13.6. The third-order valence-corrected chi connectivity index (χ3v) is 7.69. The van der Waals surface area contributed by atoms with Crippen molar-refractivity contribution in [3.63, 3.8) is 0 Å². The fourth-order valence-corrected chi connectivity index (χ4v) is 5.34. The van der Waals surface area contributed by atoms with Gasteiger partial charge in [-0.05, 0) is 65.8 Å². The van der Waals surface area contributed by atoms with Crippen LogP contribution in [0.2, 0.25) is 0 Å². The molecule has 6 heteroatoms. The van der Waals surface area contributed by atoms with Crippen LogP contribution in [-0.2, 0) is 21.2 Å². The Labute approximate surface area is 202 Å². The topological polar surface area (TPSA) is 67.3 Å². The molecular weight excluding hydrogens is 444 g/mol. The van der Waals surface area contributed by atoms with E-state index in [4.69, 9.17) is 0 Å². The van der Waals surface area contributed by atoms with Crippen LogP contribution in [0.5, 0.6) is 0 Å². The molecule has 0 radical (unpaired) electrons. The van der Waals surface area contributed by atoms with Gasteiger partial charge in [0.25, 0.3) is 0 Å². The number of hydrogen-bond acceptors (Lipinski definition) is 4. The maximum atomic E-state index is 13.6. The van der Waals surface area contributed by atoms with E-state index < -0.39 is 10.0 Å². The molecule has 5 nitrogen and oxygen atoms in total. The number of Topliss-reactive ketones (excluding diaryl/α,β-unsaturated/α-hetero) is 1. The van der Waals surface area contributed by atoms with Gasteiger partial charge in [0.2, 0.25) is 10.0 Å². The molecule has 2 aromatic carbocycles. The maximum Gasteiger partial charge on any atom is 0.211 e. The van der Waals surface area contributed by atoms with Crippen LogP contribution in [0.3, 0.4) is 0 Å². The number of pyridine rings is 1. The fraction of sp³-hybridized carbons (Fsp3) is 0.286. The highest BCUT2D eigenvalue weighted by atomic mass is 32.2. The second kappa shape index (κ2) is 10.0. The smallest absolute Gasteiger partial charge is 0.211 e. The van der Waals surface area contributed by atoms with Crippen LogP contribution in [-0.4, -0.2) is 42.8 Å². The molecule has 1 aliphatic rings. The molecule has 2 heterocycles. The molecule has 0 saturated heterocycles. The van der Waals surface area contributed by atoms with Crippen molar-refractivity contribution >= 4 is 21.4 Å². The number of ketones is 1. The predicted molar refractivity (Wildman–Crippen MR) is 136 cm³/mol. The first-order valence-corrected chi connectivity index (χ1v) is 13.3. The van der Waals surface area contributed by atoms with Gasteiger partial charge in [0.1, 0.15) is 5.78 Å². The van der Waals surface area contributed by atoms with Crippen molar-refractivity contribution in [1.82, 2.24) is 9.29 Å². The van der Waals surface area contributed by atoms with E-state index >= 15 is 0 Å².